The number of carbonyl (C=O) groups is 1. The van der Waals surface area contributed by atoms with Gasteiger partial charge in [-0.25, -0.2) is 0 Å². The van der Waals surface area contributed by atoms with Crippen LogP contribution in [0.3, 0.4) is 0 Å². The summed E-state index contributed by atoms with van der Waals surface area (Å²) >= 11 is 0. The van der Waals surface area contributed by atoms with E-state index in [9.17, 15) is 9.90 Å². The van der Waals surface area contributed by atoms with Crippen LogP contribution in [0.15, 0.2) is 30.5 Å². The van der Waals surface area contributed by atoms with Crippen LogP contribution in [0.5, 0.6) is 5.75 Å². The van der Waals surface area contributed by atoms with Crippen LogP contribution in [0.4, 0.5) is 0 Å². The fourth-order valence-corrected chi connectivity index (χ4v) is 5.18. The van der Waals surface area contributed by atoms with E-state index in [0.717, 1.165) is 41.7 Å². The van der Waals surface area contributed by atoms with Gasteiger partial charge < -0.3 is 20.1 Å². The monoisotopic (exact) mass is 470 g/mol. The molecule has 0 radical (unpaired) electrons. The number of hydrogen-bond acceptors (Lipinski definition) is 6. The molecule has 34 heavy (non-hydrogen) atoms. The molecular formula is C27H42N4O3. The molecule has 2 heterocycles. The molecule has 1 fully saturated rings. The Balaban J connectivity index is 1.65. The predicted octanol–water partition coefficient (Wildman–Crippen LogP) is 3.62. The molecule has 0 bridgehead atoms. The smallest absolute Gasteiger partial charge is 0.225 e. The highest BCUT2D eigenvalue weighted by molar-refractivity contribution is 5.84. The molecule has 188 valence electrons. The van der Waals surface area contributed by atoms with Gasteiger partial charge in [0.05, 0.1) is 24.6 Å². The number of β-amino-alcohol motifs (C(OH)–C–C–N with tert-alkyl or cyclic N) is 1. The van der Waals surface area contributed by atoms with Crippen molar-refractivity contribution in [3.63, 3.8) is 0 Å². The molecule has 0 saturated carbocycles. The Morgan fingerprint density at radius 2 is 2.09 bits per heavy atom. The summed E-state index contributed by atoms with van der Waals surface area (Å²) in [5.41, 5.74) is 1.67. The first-order valence-electron chi connectivity index (χ1n) is 12.7. The molecule has 3 atom stereocenters. The number of aliphatic hydroxyl groups is 1. The highest BCUT2D eigenvalue weighted by Crippen LogP contribution is 2.29. The SMILES string of the molecule is CCCCCCCN(C)C1CCN(C[C@H](O)c2ccnc3ccc(OC)cc23)CC1C(=O)NC. The number of hydrogen-bond donors (Lipinski definition) is 2. The van der Waals surface area contributed by atoms with Crippen molar-refractivity contribution in [3.8, 4) is 5.75 Å². The van der Waals surface area contributed by atoms with Crippen molar-refractivity contribution in [3.05, 3.63) is 36.0 Å². The Hall–Kier alpha value is -2.22. The number of rotatable bonds is 12. The number of aliphatic hydroxyl groups excluding tert-OH is 1. The molecular weight excluding hydrogens is 428 g/mol. The van der Waals surface area contributed by atoms with Crippen molar-refractivity contribution in [1.82, 2.24) is 20.1 Å². The van der Waals surface area contributed by atoms with Crippen LogP contribution in [0.25, 0.3) is 10.9 Å². The summed E-state index contributed by atoms with van der Waals surface area (Å²) in [5, 5.41) is 14.9. The van der Waals surface area contributed by atoms with Crippen molar-refractivity contribution in [2.75, 3.05) is 47.4 Å². The van der Waals surface area contributed by atoms with Gasteiger partial charge in [-0.2, -0.15) is 0 Å². The summed E-state index contributed by atoms with van der Waals surface area (Å²) < 4.78 is 5.37. The Bertz CT molecular complexity index is 922. The number of amides is 1. The van der Waals surface area contributed by atoms with Crippen LogP contribution in [0.1, 0.15) is 57.1 Å². The fraction of sp³-hybridized carbons (Fsp3) is 0.630. The minimum absolute atomic E-state index is 0.0844. The van der Waals surface area contributed by atoms with E-state index in [4.69, 9.17) is 4.74 Å². The standard InChI is InChI=1S/C27H42N4O3/c1-5-6-7-8-9-15-30(3)25-13-16-31(18-23(25)27(33)28-2)19-26(32)21-12-14-29-24-11-10-20(34-4)17-22(21)24/h10-12,14,17,23,25-26,32H,5-9,13,15-16,18-19H2,1-4H3,(H,28,33)/t23?,25?,26-/m0/s1. The van der Waals surface area contributed by atoms with Crippen molar-refractivity contribution in [1.29, 1.82) is 0 Å². The zero-order valence-electron chi connectivity index (χ0n) is 21.3. The van der Waals surface area contributed by atoms with Gasteiger partial charge in [-0.1, -0.05) is 32.6 Å². The number of nitrogens with zero attached hydrogens (tertiary/aromatic N) is 3. The topological polar surface area (TPSA) is 77.9 Å². The minimum atomic E-state index is -0.671. The van der Waals surface area contributed by atoms with Crippen molar-refractivity contribution in [2.24, 2.45) is 5.92 Å². The lowest BCUT2D eigenvalue weighted by Gasteiger charge is -2.42. The minimum Gasteiger partial charge on any atom is -0.497 e. The molecule has 7 heteroatoms. The molecule has 0 spiro atoms. The van der Waals surface area contributed by atoms with E-state index in [1.54, 1.807) is 20.4 Å². The van der Waals surface area contributed by atoms with E-state index in [1.165, 1.54) is 32.1 Å². The van der Waals surface area contributed by atoms with Crippen LogP contribution < -0.4 is 10.1 Å². The van der Waals surface area contributed by atoms with Gasteiger partial charge in [0.15, 0.2) is 0 Å². The number of carbonyl (C=O) groups excluding carboxylic acids is 1. The van der Waals surface area contributed by atoms with Gasteiger partial charge in [-0.05, 0) is 62.8 Å². The molecule has 2 N–H and O–H groups in total. The third kappa shape index (κ3) is 6.68. The van der Waals surface area contributed by atoms with E-state index in [-0.39, 0.29) is 17.9 Å². The second-order valence-corrected chi connectivity index (χ2v) is 9.53. The molecule has 2 aromatic rings. The number of likely N-dealkylation sites (tertiary alicyclic amines) is 1. The molecule has 1 aliphatic heterocycles. The molecule has 1 aromatic carbocycles. The molecule has 0 aliphatic carbocycles. The highest BCUT2D eigenvalue weighted by atomic mass is 16.5. The third-order valence-corrected chi connectivity index (χ3v) is 7.20. The summed E-state index contributed by atoms with van der Waals surface area (Å²) in [7, 11) is 5.51. The average Bonchev–Trinajstić information content (AvgIpc) is 2.87. The molecule has 3 rings (SSSR count). The number of fused-ring (bicyclic) bond motifs is 1. The van der Waals surface area contributed by atoms with E-state index >= 15 is 0 Å². The summed E-state index contributed by atoms with van der Waals surface area (Å²) in [5.74, 6) is 0.717. The largest absolute Gasteiger partial charge is 0.497 e. The molecule has 1 aromatic heterocycles. The number of pyridine rings is 1. The summed E-state index contributed by atoms with van der Waals surface area (Å²) in [6.45, 7) is 5.25. The second-order valence-electron chi connectivity index (χ2n) is 9.53. The van der Waals surface area contributed by atoms with E-state index < -0.39 is 6.10 Å². The van der Waals surface area contributed by atoms with E-state index in [1.807, 2.05) is 24.3 Å². The van der Waals surface area contributed by atoms with Gasteiger partial charge in [0, 0.05) is 37.8 Å². The summed E-state index contributed by atoms with van der Waals surface area (Å²) in [6, 6.07) is 7.82. The molecule has 2 unspecified atom stereocenters. The number of aromatic nitrogens is 1. The Kier molecular flexibility index (Phi) is 10.1. The first-order chi connectivity index (χ1) is 16.5. The Morgan fingerprint density at radius 3 is 2.82 bits per heavy atom. The Morgan fingerprint density at radius 1 is 1.29 bits per heavy atom. The van der Waals surface area contributed by atoms with Gasteiger partial charge in [0.1, 0.15) is 5.75 Å². The lowest BCUT2D eigenvalue weighted by atomic mass is 9.89. The maximum Gasteiger partial charge on any atom is 0.225 e. The van der Waals surface area contributed by atoms with Crippen molar-refractivity contribution < 1.29 is 14.6 Å². The van der Waals surface area contributed by atoms with Crippen molar-refractivity contribution in [2.45, 2.75) is 57.6 Å². The zero-order chi connectivity index (χ0) is 24.5. The maximum atomic E-state index is 12.8. The number of benzene rings is 1. The predicted molar refractivity (Wildman–Crippen MR) is 137 cm³/mol. The molecule has 1 aliphatic rings. The van der Waals surface area contributed by atoms with Gasteiger partial charge in [-0.15, -0.1) is 0 Å². The average molecular weight is 471 g/mol. The number of ether oxygens (including phenoxy) is 1. The number of nitrogens with one attached hydrogen (secondary N) is 1. The van der Waals surface area contributed by atoms with Gasteiger partial charge in [0.25, 0.3) is 0 Å². The van der Waals surface area contributed by atoms with Gasteiger partial charge in [0.2, 0.25) is 5.91 Å². The van der Waals surface area contributed by atoms with Crippen LogP contribution in [-0.4, -0.2) is 79.2 Å². The normalized spacial score (nSPS) is 19.9. The van der Waals surface area contributed by atoms with E-state index in [2.05, 4.69) is 34.1 Å². The lowest BCUT2D eigenvalue weighted by Crippen LogP contribution is -2.55. The zero-order valence-corrected chi connectivity index (χ0v) is 21.3. The van der Waals surface area contributed by atoms with Crippen LogP contribution >= 0.6 is 0 Å². The summed E-state index contributed by atoms with van der Waals surface area (Å²) in [4.78, 5) is 21.8. The first kappa shape index (κ1) is 26.4. The third-order valence-electron chi connectivity index (χ3n) is 7.20. The molecule has 1 saturated heterocycles. The fourth-order valence-electron chi connectivity index (χ4n) is 5.18. The first-order valence-corrected chi connectivity index (χ1v) is 12.7. The second kappa shape index (κ2) is 13.0. The number of methoxy groups -OCH3 is 1. The van der Waals surface area contributed by atoms with Crippen LogP contribution in [0.2, 0.25) is 0 Å². The molecule has 7 nitrogen and oxygen atoms in total. The van der Waals surface area contributed by atoms with Crippen LogP contribution in [0, 0.1) is 5.92 Å². The summed E-state index contributed by atoms with van der Waals surface area (Å²) in [6.07, 6.45) is 8.24. The highest BCUT2D eigenvalue weighted by Gasteiger charge is 2.36. The molecule has 1 amide bonds. The lowest BCUT2D eigenvalue weighted by molar-refractivity contribution is -0.129. The number of piperidine rings is 1. The Labute approximate surface area is 204 Å². The van der Waals surface area contributed by atoms with Gasteiger partial charge in [-0.3, -0.25) is 14.7 Å². The van der Waals surface area contributed by atoms with Crippen molar-refractivity contribution >= 4 is 16.8 Å². The number of unbranched alkanes of at least 4 members (excludes halogenated alkanes) is 4. The maximum absolute atomic E-state index is 12.8. The quantitative estimate of drug-likeness (QED) is 0.462. The van der Waals surface area contributed by atoms with E-state index in [0.29, 0.717) is 13.1 Å². The van der Waals surface area contributed by atoms with Gasteiger partial charge >= 0.3 is 0 Å². The van der Waals surface area contributed by atoms with Crippen LogP contribution in [-0.2, 0) is 4.79 Å².